The van der Waals surface area contributed by atoms with Gasteiger partial charge in [-0.15, -0.1) is 0 Å². The van der Waals surface area contributed by atoms with Gasteiger partial charge in [0.2, 0.25) is 0 Å². The van der Waals surface area contributed by atoms with Crippen LogP contribution >= 0.6 is 0 Å². The van der Waals surface area contributed by atoms with E-state index in [1.807, 2.05) is 64.2 Å². The molecule has 1 fully saturated rings. The Kier molecular flexibility index (Phi) is 6.62. The van der Waals surface area contributed by atoms with Gasteiger partial charge in [0.1, 0.15) is 5.60 Å². The molecular weight excluding hydrogens is 482 g/mol. The number of amides is 1. The number of aryl methyl sites for hydroxylation is 3. The van der Waals surface area contributed by atoms with Gasteiger partial charge in [0.25, 0.3) is 5.91 Å². The SMILES string of the molecule is COC1(C(=O)N[C@@H](C)c2ccc(-n3cc(C)cn3)nc2)CC(O)(c2cc(C)cc(Cc3cc(C)[nH]n3)n2)C1. The van der Waals surface area contributed by atoms with Crippen LogP contribution in [-0.4, -0.2) is 53.7 Å². The number of H-pyrrole nitrogens is 1. The van der Waals surface area contributed by atoms with Crippen LogP contribution < -0.4 is 5.32 Å². The fraction of sp³-hybridized carbons (Fsp3) is 0.393. The number of nitrogens with one attached hydrogen (secondary N) is 2. The molecule has 0 spiro atoms. The fourth-order valence-electron chi connectivity index (χ4n) is 5.03. The summed E-state index contributed by atoms with van der Waals surface area (Å²) in [6.07, 6.45) is 6.18. The molecule has 1 atom stereocenters. The van der Waals surface area contributed by atoms with Gasteiger partial charge in [-0.05, 0) is 68.7 Å². The standard InChI is InChI=1S/C28H33N7O3/c1-17-8-22(11-23-10-19(3)33-34-23)32-24(9-17)27(37)15-28(16-27,38-5)26(36)31-20(4)21-6-7-25(29-13-21)35-14-18(2)12-30-35/h6-10,12-14,20,37H,11,15-16H2,1-5H3,(H,31,36)(H,33,34)/t20-,27?,28?/m0/s1. The van der Waals surface area contributed by atoms with Crippen molar-refractivity contribution < 1.29 is 14.6 Å². The lowest BCUT2D eigenvalue weighted by atomic mass is 9.64. The Morgan fingerprint density at radius 3 is 2.55 bits per heavy atom. The molecule has 1 saturated carbocycles. The second-order valence-electron chi connectivity index (χ2n) is 10.4. The molecule has 1 aliphatic carbocycles. The second-order valence-corrected chi connectivity index (χ2v) is 10.4. The van der Waals surface area contributed by atoms with Gasteiger partial charge in [0.15, 0.2) is 11.4 Å². The van der Waals surface area contributed by atoms with Crippen LogP contribution in [0.4, 0.5) is 0 Å². The van der Waals surface area contributed by atoms with Crippen LogP contribution in [0, 0.1) is 20.8 Å². The third-order valence-electron chi connectivity index (χ3n) is 7.15. The van der Waals surface area contributed by atoms with E-state index in [4.69, 9.17) is 9.72 Å². The van der Waals surface area contributed by atoms with E-state index in [1.165, 1.54) is 7.11 Å². The Morgan fingerprint density at radius 2 is 1.95 bits per heavy atom. The third-order valence-corrected chi connectivity index (χ3v) is 7.15. The predicted octanol–water partition coefficient (Wildman–Crippen LogP) is 3.15. The average molecular weight is 516 g/mol. The van der Waals surface area contributed by atoms with Gasteiger partial charge in [0.05, 0.1) is 23.6 Å². The first kappa shape index (κ1) is 25.7. The molecule has 1 amide bonds. The molecule has 10 nitrogen and oxygen atoms in total. The van der Waals surface area contributed by atoms with Crippen LogP contribution in [0.3, 0.4) is 0 Å². The number of ether oxygens (including phenoxy) is 1. The Bertz CT molecular complexity index is 1450. The lowest BCUT2D eigenvalue weighted by Crippen LogP contribution is -2.63. The molecule has 0 saturated heterocycles. The molecule has 10 heteroatoms. The molecule has 3 N–H and O–H groups in total. The van der Waals surface area contributed by atoms with Crippen molar-refractivity contribution in [2.24, 2.45) is 0 Å². The van der Waals surface area contributed by atoms with Crippen molar-refractivity contribution >= 4 is 5.91 Å². The highest BCUT2D eigenvalue weighted by molar-refractivity contribution is 5.87. The second kappa shape index (κ2) is 9.77. The van der Waals surface area contributed by atoms with Crippen molar-refractivity contribution in [1.29, 1.82) is 0 Å². The van der Waals surface area contributed by atoms with Crippen LogP contribution in [0.25, 0.3) is 5.82 Å². The number of pyridine rings is 2. The number of aromatic amines is 1. The summed E-state index contributed by atoms with van der Waals surface area (Å²) in [6.45, 7) is 7.79. The minimum absolute atomic E-state index is 0.113. The zero-order valence-corrected chi connectivity index (χ0v) is 22.3. The zero-order valence-electron chi connectivity index (χ0n) is 22.3. The molecular formula is C28H33N7O3. The lowest BCUT2D eigenvalue weighted by molar-refractivity contribution is -0.206. The van der Waals surface area contributed by atoms with Crippen LogP contribution in [0.2, 0.25) is 0 Å². The smallest absolute Gasteiger partial charge is 0.252 e. The molecule has 0 aliphatic heterocycles. The quantitative estimate of drug-likeness (QED) is 0.329. The van der Waals surface area contributed by atoms with E-state index in [2.05, 4.69) is 25.6 Å². The number of aromatic nitrogens is 6. The lowest BCUT2D eigenvalue weighted by Gasteiger charge is -2.50. The normalized spacial score (nSPS) is 21.6. The number of carbonyl (C=O) groups is 1. The monoisotopic (exact) mass is 515 g/mol. The van der Waals surface area contributed by atoms with Gasteiger partial charge in [0, 0.05) is 50.2 Å². The average Bonchev–Trinajstić information content (AvgIpc) is 3.49. The van der Waals surface area contributed by atoms with Gasteiger partial charge in [-0.1, -0.05) is 6.07 Å². The summed E-state index contributed by atoms with van der Waals surface area (Å²) < 4.78 is 7.39. The fourth-order valence-corrected chi connectivity index (χ4v) is 5.03. The van der Waals surface area contributed by atoms with Crippen molar-refractivity contribution in [2.45, 2.75) is 64.2 Å². The first-order chi connectivity index (χ1) is 18.1. The molecule has 4 aromatic rings. The summed E-state index contributed by atoms with van der Waals surface area (Å²) in [7, 11) is 1.50. The first-order valence-electron chi connectivity index (χ1n) is 12.6. The van der Waals surface area contributed by atoms with E-state index < -0.39 is 11.2 Å². The minimum atomic E-state index is -1.26. The largest absolute Gasteiger partial charge is 0.383 e. The van der Waals surface area contributed by atoms with Crippen LogP contribution in [0.15, 0.2) is 48.9 Å². The Balaban J connectivity index is 1.27. The molecule has 0 aromatic carbocycles. The maximum atomic E-state index is 13.3. The molecule has 198 valence electrons. The van der Waals surface area contributed by atoms with Gasteiger partial charge in [-0.3, -0.25) is 14.9 Å². The molecule has 5 rings (SSSR count). The van der Waals surface area contributed by atoms with E-state index in [9.17, 15) is 9.90 Å². The topological polar surface area (TPSA) is 131 Å². The van der Waals surface area contributed by atoms with Crippen molar-refractivity contribution in [1.82, 2.24) is 35.3 Å². The Morgan fingerprint density at radius 1 is 1.16 bits per heavy atom. The number of rotatable bonds is 8. The van der Waals surface area contributed by atoms with Crippen LogP contribution in [-0.2, 0) is 21.6 Å². The number of methoxy groups -OCH3 is 1. The summed E-state index contributed by atoms with van der Waals surface area (Å²) in [4.78, 5) is 22.5. The highest BCUT2D eigenvalue weighted by Gasteiger charge is 2.60. The number of aliphatic hydroxyl groups is 1. The summed E-state index contributed by atoms with van der Waals surface area (Å²) in [5, 5.41) is 26.0. The Labute approximate surface area is 221 Å². The zero-order chi connectivity index (χ0) is 27.1. The Hall–Kier alpha value is -3.89. The van der Waals surface area contributed by atoms with E-state index in [0.717, 1.165) is 33.8 Å². The molecule has 0 unspecified atom stereocenters. The van der Waals surface area contributed by atoms with Gasteiger partial charge >= 0.3 is 0 Å². The summed E-state index contributed by atoms with van der Waals surface area (Å²) >= 11 is 0. The van der Waals surface area contributed by atoms with E-state index in [-0.39, 0.29) is 24.8 Å². The number of carbonyl (C=O) groups excluding carboxylic acids is 1. The molecule has 4 heterocycles. The molecule has 0 radical (unpaired) electrons. The maximum Gasteiger partial charge on any atom is 0.252 e. The first-order valence-corrected chi connectivity index (χ1v) is 12.6. The molecule has 0 bridgehead atoms. The van der Waals surface area contributed by atoms with Gasteiger partial charge in [-0.2, -0.15) is 10.2 Å². The van der Waals surface area contributed by atoms with E-state index >= 15 is 0 Å². The molecule has 1 aliphatic rings. The summed E-state index contributed by atoms with van der Waals surface area (Å²) in [5.41, 5.74) is 3.70. The van der Waals surface area contributed by atoms with E-state index in [0.29, 0.717) is 17.9 Å². The number of nitrogens with zero attached hydrogens (tertiary/aromatic N) is 5. The van der Waals surface area contributed by atoms with Crippen molar-refractivity contribution in [3.05, 3.63) is 88.4 Å². The van der Waals surface area contributed by atoms with Crippen molar-refractivity contribution in [3.8, 4) is 5.82 Å². The maximum absolute atomic E-state index is 13.3. The molecule has 4 aromatic heterocycles. The predicted molar refractivity (Wildman–Crippen MR) is 141 cm³/mol. The van der Waals surface area contributed by atoms with Gasteiger partial charge < -0.3 is 15.2 Å². The van der Waals surface area contributed by atoms with Crippen LogP contribution in [0.5, 0.6) is 0 Å². The molecule has 38 heavy (non-hydrogen) atoms. The third kappa shape index (κ3) is 4.97. The summed E-state index contributed by atoms with van der Waals surface area (Å²) in [5.74, 6) is 0.425. The number of hydrogen-bond acceptors (Lipinski definition) is 7. The number of hydrogen-bond donors (Lipinski definition) is 3. The van der Waals surface area contributed by atoms with Crippen LogP contribution in [0.1, 0.15) is 65.3 Å². The highest BCUT2D eigenvalue weighted by Crippen LogP contribution is 2.50. The minimum Gasteiger partial charge on any atom is -0.383 e. The van der Waals surface area contributed by atoms with Crippen molar-refractivity contribution in [3.63, 3.8) is 0 Å². The van der Waals surface area contributed by atoms with Crippen molar-refractivity contribution in [2.75, 3.05) is 7.11 Å². The summed E-state index contributed by atoms with van der Waals surface area (Å²) in [6, 6.07) is 9.31. The van der Waals surface area contributed by atoms with Gasteiger partial charge in [-0.25, -0.2) is 9.67 Å². The van der Waals surface area contributed by atoms with E-state index in [1.54, 1.807) is 17.1 Å². The highest BCUT2D eigenvalue weighted by atomic mass is 16.5.